The molecule has 1 aliphatic carbocycles. The van der Waals surface area contributed by atoms with Crippen LogP contribution in [0.2, 0.25) is 5.22 Å². The van der Waals surface area contributed by atoms with Gasteiger partial charge in [-0.15, -0.1) is 0 Å². The summed E-state index contributed by atoms with van der Waals surface area (Å²) < 4.78 is 11.4. The van der Waals surface area contributed by atoms with Crippen molar-refractivity contribution in [1.29, 1.82) is 0 Å². The van der Waals surface area contributed by atoms with Crippen molar-refractivity contribution in [3.8, 4) is 0 Å². The Labute approximate surface area is 126 Å². The molecule has 1 aliphatic heterocycles. The zero-order valence-electron chi connectivity index (χ0n) is 12.2. The van der Waals surface area contributed by atoms with Crippen molar-refractivity contribution in [1.82, 2.24) is 5.32 Å². The van der Waals surface area contributed by atoms with E-state index in [9.17, 15) is 0 Å². The zero-order chi connectivity index (χ0) is 14.0. The number of hydrogen-bond acceptors (Lipinski definition) is 3. The number of ether oxygens (including phenoxy) is 1. The third-order valence-corrected chi connectivity index (χ3v) is 5.23. The van der Waals surface area contributed by atoms with Crippen LogP contribution in [0.3, 0.4) is 0 Å². The van der Waals surface area contributed by atoms with E-state index in [-0.39, 0.29) is 11.6 Å². The molecule has 3 nitrogen and oxygen atoms in total. The van der Waals surface area contributed by atoms with Gasteiger partial charge in [0.1, 0.15) is 0 Å². The highest BCUT2D eigenvalue weighted by molar-refractivity contribution is 6.29. The van der Waals surface area contributed by atoms with Crippen LogP contribution in [0.1, 0.15) is 57.1 Å². The van der Waals surface area contributed by atoms with Crippen LogP contribution < -0.4 is 5.32 Å². The highest BCUT2D eigenvalue weighted by Crippen LogP contribution is 2.46. The first-order valence-corrected chi connectivity index (χ1v) is 8.22. The van der Waals surface area contributed by atoms with Crippen LogP contribution in [0.15, 0.2) is 16.7 Å². The molecule has 1 aromatic heterocycles. The molecule has 1 aromatic rings. The van der Waals surface area contributed by atoms with Crippen LogP contribution >= 0.6 is 11.6 Å². The molecule has 1 N–H and O–H groups in total. The van der Waals surface area contributed by atoms with E-state index in [1.165, 1.54) is 25.7 Å². The zero-order valence-corrected chi connectivity index (χ0v) is 12.9. The summed E-state index contributed by atoms with van der Waals surface area (Å²) in [7, 11) is 0. The van der Waals surface area contributed by atoms with Crippen molar-refractivity contribution in [3.05, 3.63) is 23.1 Å². The number of hydrogen-bond donors (Lipinski definition) is 1. The van der Waals surface area contributed by atoms with Gasteiger partial charge in [0.25, 0.3) is 0 Å². The molecule has 2 fully saturated rings. The lowest BCUT2D eigenvalue weighted by atomic mass is 9.79. The number of halogens is 1. The Morgan fingerprint density at radius 1 is 1.45 bits per heavy atom. The average molecular weight is 298 g/mol. The van der Waals surface area contributed by atoms with Crippen LogP contribution in [0.4, 0.5) is 0 Å². The van der Waals surface area contributed by atoms with Gasteiger partial charge in [-0.1, -0.05) is 19.8 Å². The highest BCUT2D eigenvalue weighted by Gasteiger charge is 2.42. The lowest BCUT2D eigenvalue weighted by Gasteiger charge is -2.41. The molecule has 0 radical (unpaired) electrons. The van der Waals surface area contributed by atoms with Gasteiger partial charge in [0, 0.05) is 18.2 Å². The van der Waals surface area contributed by atoms with Crippen molar-refractivity contribution in [2.24, 2.45) is 5.92 Å². The fourth-order valence-electron chi connectivity index (χ4n) is 3.99. The van der Waals surface area contributed by atoms with E-state index in [0.29, 0.717) is 11.1 Å². The van der Waals surface area contributed by atoms with Crippen LogP contribution in [0.25, 0.3) is 0 Å². The molecule has 3 rings (SSSR count). The van der Waals surface area contributed by atoms with E-state index in [1.807, 2.05) is 6.07 Å². The molecule has 20 heavy (non-hydrogen) atoms. The van der Waals surface area contributed by atoms with E-state index in [1.54, 1.807) is 6.26 Å². The molecular weight excluding hydrogens is 274 g/mol. The number of nitrogens with one attached hydrogen (secondary N) is 1. The summed E-state index contributed by atoms with van der Waals surface area (Å²) in [5.41, 5.74) is 1.25. The standard InChI is InChI=1S/C16H24ClNO2/c1-2-18-14(13-6-9-19-15(13)17)12-5-10-20-16(11-12)7-3-4-8-16/h6,9,12,14,18H,2-5,7-8,10-11H2,1H3. The summed E-state index contributed by atoms with van der Waals surface area (Å²) in [6, 6.07) is 2.29. The van der Waals surface area contributed by atoms with Gasteiger partial charge in [-0.3, -0.25) is 0 Å². The second kappa shape index (κ2) is 6.08. The molecule has 0 bridgehead atoms. The smallest absolute Gasteiger partial charge is 0.197 e. The maximum absolute atomic E-state index is 6.20. The summed E-state index contributed by atoms with van der Waals surface area (Å²) in [5.74, 6) is 0.580. The molecule has 1 spiro atoms. The van der Waals surface area contributed by atoms with Crippen LogP contribution in [-0.4, -0.2) is 18.8 Å². The third-order valence-electron chi connectivity index (χ3n) is 4.92. The molecule has 0 amide bonds. The van der Waals surface area contributed by atoms with Gasteiger partial charge in [0.2, 0.25) is 0 Å². The fraction of sp³-hybridized carbons (Fsp3) is 0.750. The molecule has 1 saturated heterocycles. The van der Waals surface area contributed by atoms with Gasteiger partial charge in [-0.05, 0) is 55.8 Å². The average Bonchev–Trinajstić information content (AvgIpc) is 3.06. The molecule has 0 aromatic carbocycles. The minimum atomic E-state index is 0.146. The second-order valence-corrected chi connectivity index (χ2v) is 6.52. The Kier molecular flexibility index (Phi) is 4.39. The lowest BCUT2D eigenvalue weighted by molar-refractivity contribution is -0.0981. The molecule has 2 atom stereocenters. The maximum atomic E-state index is 6.20. The van der Waals surface area contributed by atoms with Gasteiger partial charge in [-0.25, -0.2) is 0 Å². The summed E-state index contributed by atoms with van der Waals surface area (Å²) in [5, 5.41) is 4.13. The molecule has 112 valence electrons. The molecular formula is C16H24ClNO2. The molecule has 4 heteroatoms. The van der Waals surface area contributed by atoms with Gasteiger partial charge in [0.15, 0.2) is 5.22 Å². The number of rotatable bonds is 4. The van der Waals surface area contributed by atoms with E-state index < -0.39 is 0 Å². The largest absolute Gasteiger partial charge is 0.453 e. The van der Waals surface area contributed by atoms with E-state index in [0.717, 1.165) is 31.6 Å². The summed E-state index contributed by atoms with van der Waals surface area (Å²) in [4.78, 5) is 0. The third kappa shape index (κ3) is 2.76. The summed E-state index contributed by atoms with van der Waals surface area (Å²) in [6.45, 7) is 3.96. The number of furan rings is 1. The first kappa shape index (κ1) is 14.4. The van der Waals surface area contributed by atoms with Crippen LogP contribution in [-0.2, 0) is 4.74 Å². The molecule has 2 unspecified atom stereocenters. The predicted octanol–water partition coefficient (Wildman–Crippen LogP) is 4.32. The molecule has 1 saturated carbocycles. The fourth-order valence-corrected chi connectivity index (χ4v) is 4.23. The Balaban J connectivity index is 1.79. The topological polar surface area (TPSA) is 34.4 Å². The minimum Gasteiger partial charge on any atom is -0.453 e. The normalized spacial score (nSPS) is 27.0. The Morgan fingerprint density at radius 2 is 2.25 bits per heavy atom. The minimum absolute atomic E-state index is 0.146. The van der Waals surface area contributed by atoms with Gasteiger partial charge in [-0.2, -0.15) is 0 Å². The quantitative estimate of drug-likeness (QED) is 0.898. The monoisotopic (exact) mass is 297 g/mol. The maximum Gasteiger partial charge on any atom is 0.197 e. The first-order chi connectivity index (χ1) is 9.74. The van der Waals surface area contributed by atoms with E-state index >= 15 is 0 Å². The van der Waals surface area contributed by atoms with Crippen molar-refractivity contribution >= 4 is 11.6 Å². The van der Waals surface area contributed by atoms with Crippen molar-refractivity contribution in [2.45, 2.75) is 57.1 Å². The van der Waals surface area contributed by atoms with Gasteiger partial charge in [0.05, 0.1) is 11.9 Å². The van der Waals surface area contributed by atoms with Crippen molar-refractivity contribution in [2.75, 3.05) is 13.2 Å². The Bertz CT molecular complexity index is 439. The Hall–Kier alpha value is -0.510. The molecule has 2 heterocycles. The molecule has 2 aliphatic rings. The lowest BCUT2D eigenvalue weighted by Crippen LogP contribution is -2.42. The highest BCUT2D eigenvalue weighted by atomic mass is 35.5. The summed E-state index contributed by atoms with van der Waals surface area (Å²) >= 11 is 6.20. The predicted molar refractivity (Wildman–Crippen MR) is 80.0 cm³/mol. The SMILES string of the molecule is CCNC(c1ccoc1Cl)C1CCOC2(CCCC2)C1. The van der Waals surface area contributed by atoms with Gasteiger partial charge < -0.3 is 14.5 Å². The van der Waals surface area contributed by atoms with Crippen molar-refractivity contribution in [3.63, 3.8) is 0 Å². The van der Waals surface area contributed by atoms with Crippen LogP contribution in [0, 0.1) is 5.92 Å². The second-order valence-electron chi connectivity index (χ2n) is 6.18. The van der Waals surface area contributed by atoms with Gasteiger partial charge >= 0.3 is 0 Å². The Morgan fingerprint density at radius 3 is 2.90 bits per heavy atom. The van der Waals surface area contributed by atoms with E-state index in [4.69, 9.17) is 20.8 Å². The van der Waals surface area contributed by atoms with E-state index in [2.05, 4.69) is 12.2 Å². The summed E-state index contributed by atoms with van der Waals surface area (Å²) in [6.07, 6.45) is 9.00. The van der Waals surface area contributed by atoms with Crippen LogP contribution in [0.5, 0.6) is 0 Å². The first-order valence-electron chi connectivity index (χ1n) is 7.84. The van der Waals surface area contributed by atoms with Crippen molar-refractivity contribution < 1.29 is 9.15 Å².